The summed E-state index contributed by atoms with van der Waals surface area (Å²) in [7, 11) is 0. The van der Waals surface area contributed by atoms with E-state index in [0.29, 0.717) is 0 Å². The zero-order valence-electron chi connectivity index (χ0n) is 17.4. The van der Waals surface area contributed by atoms with Crippen LogP contribution in [0.5, 0.6) is 0 Å². The van der Waals surface area contributed by atoms with Crippen LogP contribution in [0.4, 0.5) is 0 Å². The highest BCUT2D eigenvalue weighted by atomic mass is 127. The minimum Gasteiger partial charge on any atom is -0.379 e. The molecular formula is C21H35IN4O2. The normalized spacial score (nSPS) is 21.3. The number of aliphatic imine (C=N–C) groups is 1. The summed E-state index contributed by atoms with van der Waals surface area (Å²) >= 11 is 0. The molecule has 2 fully saturated rings. The number of nitrogens with one attached hydrogen (secondary N) is 1. The molecule has 2 aliphatic rings. The van der Waals surface area contributed by atoms with Crippen molar-refractivity contribution in [1.82, 2.24) is 15.1 Å². The van der Waals surface area contributed by atoms with Gasteiger partial charge in [-0.1, -0.05) is 23.8 Å². The minimum atomic E-state index is 0. The van der Waals surface area contributed by atoms with Crippen LogP contribution in [0.2, 0.25) is 0 Å². The second-order valence-corrected chi connectivity index (χ2v) is 7.36. The molecule has 28 heavy (non-hydrogen) atoms. The van der Waals surface area contributed by atoms with Crippen molar-refractivity contribution in [1.29, 1.82) is 0 Å². The van der Waals surface area contributed by atoms with Crippen LogP contribution in [0.3, 0.4) is 0 Å². The molecule has 0 amide bonds. The van der Waals surface area contributed by atoms with Gasteiger partial charge < -0.3 is 19.7 Å². The van der Waals surface area contributed by atoms with Gasteiger partial charge in [0, 0.05) is 32.7 Å². The first kappa shape index (κ1) is 23.4. The number of nitrogens with zero attached hydrogens (tertiary/aromatic N) is 3. The summed E-state index contributed by atoms with van der Waals surface area (Å²) in [5.74, 6) is 1.00. The van der Waals surface area contributed by atoms with Crippen LogP contribution in [0.1, 0.15) is 29.7 Å². The van der Waals surface area contributed by atoms with E-state index in [1.54, 1.807) is 0 Å². The van der Waals surface area contributed by atoms with Gasteiger partial charge in [-0.15, -0.1) is 24.0 Å². The molecule has 1 N–H and O–H groups in total. The van der Waals surface area contributed by atoms with Crippen molar-refractivity contribution < 1.29 is 9.47 Å². The van der Waals surface area contributed by atoms with Crippen LogP contribution in [0, 0.1) is 13.8 Å². The summed E-state index contributed by atoms with van der Waals surface area (Å²) in [6.07, 6.45) is 0.0995. The molecule has 0 aliphatic carbocycles. The lowest BCUT2D eigenvalue weighted by molar-refractivity contribution is -0.00838. The molecule has 1 aromatic carbocycles. The number of hydrogen-bond acceptors (Lipinski definition) is 4. The maximum atomic E-state index is 6.10. The van der Waals surface area contributed by atoms with Crippen molar-refractivity contribution in [3.63, 3.8) is 0 Å². The molecule has 2 heterocycles. The number of rotatable bonds is 5. The van der Waals surface area contributed by atoms with Crippen molar-refractivity contribution in [2.45, 2.75) is 26.9 Å². The van der Waals surface area contributed by atoms with Gasteiger partial charge >= 0.3 is 0 Å². The van der Waals surface area contributed by atoms with Gasteiger partial charge in [0.1, 0.15) is 6.10 Å². The first-order chi connectivity index (χ1) is 13.2. The van der Waals surface area contributed by atoms with Gasteiger partial charge in [0.2, 0.25) is 0 Å². The quantitative estimate of drug-likeness (QED) is 0.381. The molecule has 1 atom stereocenters. The molecule has 0 saturated carbocycles. The van der Waals surface area contributed by atoms with Crippen LogP contribution in [0.25, 0.3) is 0 Å². The number of guanidine groups is 1. The summed E-state index contributed by atoms with van der Waals surface area (Å²) in [6, 6.07) is 6.62. The second-order valence-electron chi connectivity index (χ2n) is 7.36. The predicted octanol–water partition coefficient (Wildman–Crippen LogP) is 2.59. The summed E-state index contributed by atoms with van der Waals surface area (Å²) in [5, 5.41) is 3.46. The van der Waals surface area contributed by atoms with Crippen molar-refractivity contribution in [3.05, 3.63) is 34.9 Å². The largest absolute Gasteiger partial charge is 0.379 e. The average molecular weight is 502 g/mol. The van der Waals surface area contributed by atoms with Crippen molar-refractivity contribution in [2.24, 2.45) is 4.99 Å². The van der Waals surface area contributed by atoms with Gasteiger partial charge in [-0.05, 0) is 31.9 Å². The van der Waals surface area contributed by atoms with Crippen LogP contribution in [-0.4, -0.2) is 81.4 Å². The predicted molar refractivity (Wildman–Crippen MR) is 125 cm³/mol. The molecule has 2 saturated heterocycles. The monoisotopic (exact) mass is 502 g/mol. The highest BCUT2D eigenvalue weighted by Gasteiger charge is 2.25. The molecule has 6 nitrogen and oxygen atoms in total. The van der Waals surface area contributed by atoms with Crippen LogP contribution in [0.15, 0.2) is 23.2 Å². The lowest BCUT2D eigenvalue weighted by atomic mass is 10.00. The fourth-order valence-corrected chi connectivity index (χ4v) is 3.76. The number of ether oxygens (including phenoxy) is 2. The summed E-state index contributed by atoms with van der Waals surface area (Å²) < 4.78 is 11.5. The number of morpholine rings is 2. The van der Waals surface area contributed by atoms with E-state index in [1.807, 2.05) is 0 Å². The molecule has 2 aliphatic heterocycles. The maximum Gasteiger partial charge on any atom is 0.194 e. The van der Waals surface area contributed by atoms with E-state index in [-0.39, 0.29) is 30.1 Å². The molecule has 0 bridgehead atoms. The van der Waals surface area contributed by atoms with Crippen molar-refractivity contribution in [2.75, 3.05) is 65.6 Å². The highest BCUT2D eigenvalue weighted by molar-refractivity contribution is 14.0. The maximum absolute atomic E-state index is 6.10. The minimum absolute atomic E-state index is 0. The lowest BCUT2D eigenvalue weighted by Gasteiger charge is -2.36. The zero-order chi connectivity index (χ0) is 19.1. The van der Waals surface area contributed by atoms with E-state index < -0.39 is 0 Å². The first-order valence-electron chi connectivity index (χ1n) is 10.2. The Morgan fingerprint density at radius 3 is 2.68 bits per heavy atom. The molecule has 0 aromatic heterocycles. The number of hydrogen-bond donors (Lipinski definition) is 1. The number of benzene rings is 1. The Kier molecular flexibility index (Phi) is 9.98. The number of halogens is 1. The highest BCUT2D eigenvalue weighted by Crippen LogP contribution is 2.25. The van der Waals surface area contributed by atoms with Crippen molar-refractivity contribution >= 4 is 29.9 Å². The molecule has 1 aromatic rings. The fourth-order valence-electron chi connectivity index (χ4n) is 3.76. The van der Waals surface area contributed by atoms with Gasteiger partial charge in [-0.2, -0.15) is 0 Å². The number of aryl methyl sites for hydroxylation is 2. The Hall–Kier alpha value is -0.900. The van der Waals surface area contributed by atoms with Gasteiger partial charge in [0.05, 0.1) is 32.9 Å². The van der Waals surface area contributed by atoms with Gasteiger partial charge in [-0.3, -0.25) is 9.89 Å². The van der Waals surface area contributed by atoms with E-state index >= 15 is 0 Å². The molecular weight excluding hydrogens is 467 g/mol. The van der Waals surface area contributed by atoms with Gasteiger partial charge in [0.25, 0.3) is 0 Å². The SMILES string of the molecule is CCNC(=NCCN1CCOCC1)N1CCOC(c2ccc(C)cc2C)C1.I. The third kappa shape index (κ3) is 6.57. The smallest absolute Gasteiger partial charge is 0.194 e. The topological polar surface area (TPSA) is 49.3 Å². The van der Waals surface area contributed by atoms with Gasteiger partial charge in [0.15, 0.2) is 5.96 Å². The average Bonchev–Trinajstić information content (AvgIpc) is 2.68. The summed E-state index contributed by atoms with van der Waals surface area (Å²) in [5.41, 5.74) is 3.88. The molecule has 0 radical (unpaired) electrons. The van der Waals surface area contributed by atoms with Crippen LogP contribution >= 0.6 is 24.0 Å². The standard InChI is InChI=1S/C21H34N4O2.HI/c1-4-22-21(23-7-8-24-9-12-26-13-10-24)25-11-14-27-20(16-25)19-6-5-17(2)15-18(19)3;/h5-6,15,20H,4,7-14,16H2,1-3H3,(H,22,23);1H. The second kappa shape index (κ2) is 11.9. The van der Waals surface area contributed by atoms with E-state index in [1.165, 1.54) is 16.7 Å². The zero-order valence-corrected chi connectivity index (χ0v) is 19.8. The fraction of sp³-hybridized carbons (Fsp3) is 0.667. The summed E-state index contributed by atoms with van der Waals surface area (Å²) in [4.78, 5) is 9.66. The molecule has 7 heteroatoms. The van der Waals surface area contributed by atoms with Gasteiger partial charge in [-0.25, -0.2) is 0 Å². The molecule has 3 rings (SSSR count). The van der Waals surface area contributed by atoms with E-state index in [9.17, 15) is 0 Å². The van der Waals surface area contributed by atoms with Crippen LogP contribution < -0.4 is 5.32 Å². The van der Waals surface area contributed by atoms with Crippen molar-refractivity contribution in [3.8, 4) is 0 Å². The molecule has 0 spiro atoms. The summed E-state index contributed by atoms with van der Waals surface area (Å²) in [6.45, 7) is 15.3. The molecule has 158 valence electrons. The third-order valence-corrected chi connectivity index (χ3v) is 5.25. The van der Waals surface area contributed by atoms with E-state index in [4.69, 9.17) is 14.5 Å². The van der Waals surface area contributed by atoms with Crippen LogP contribution in [-0.2, 0) is 9.47 Å². The molecule has 1 unspecified atom stereocenters. The Balaban J connectivity index is 0.00000280. The van der Waals surface area contributed by atoms with E-state index in [2.05, 4.69) is 54.1 Å². The Morgan fingerprint density at radius 2 is 1.96 bits per heavy atom. The lowest BCUT2D eigenvalue weighted by Crippen LogP contribution is -2.48. The first-order valence-corrected chi connectivity index (χ1v) is 10.2. The Bertz CT molecular complexity index is 635. The third-order valence-electron chi connectivity index (χ3n) is 5.25. The Labute approximate surface area is 186 Å². The van der Waals surface area contributed by atoms with E-state index in [0.717, 1.165) is 71.6 Å². The Morgan fingerprint density at radius 1 is 1.18 bits per heavy atom.